The quantitative estimate of drug-likeness (QED) is 0.789. The van der Waals surface area contributed by atoms with E-state index < -0.39 is 0 Å². The average Bonchev–Trinajstić information content (AvgIpc) is 2.85. The molecule has 1 atom stereocenters. The highest BCUT2D eigenvalue weighted by Crippen LogP contribution is 2.16. The van der Waals surface area contributed by atoms with E-state index in [4.69, 9.17) is 4.74 Å². The van der Waals surface area contributed by atoms with Gasteiger partial charge in [-0.25, -0.2) is 9.67 Å². The fourth-order valence-electron chi connectivity index (χ4n) is 2.83. The Morgan fingerprint density at radius 3 is 2.83 bits per heavy atom. The minimum atomic E-state index is -0.150. The van der Waals surface area contributed by atoms with Gasteiger partial charge in [0.1, 0.15) is 18.3 Å². The first-order valence-electron chi connectivity index (χ1n) is 7.93. The number of nitrogens with zero attached hydrogens (tertiary/aromatic N) is 4. The second-order valence-corrected chi connectivity index (χ2v) is 5.83. The zero-order chi connectivity index (χ0) is 16.8. The largest absolute Gasteiger partial charge is 0.375 e. The summed E-state index contributed by atoms with van der Waals surface area (Å²) in [6.45, 7) is 6.07. The van der Waals surface area contributed by atoms with Crippen molar-refractivity contribution in [3.63, 3.8) is 0 Å². The number of amides is 2. The summed E-state index contributed by atoms with van der Waals surface area (Å²) in [6, 6.07) is 0. The van der Waals surface area contributed by atoms with Gasteiger partial charge in [0.05, 0.1) is 12.5 Å². The highest BCUT2D eigenvalue weighted by atomic mass is 16.5. The van der Waals surface area contributed by atoms with Gasteiger partial charge in [-0.3, -0.25) is 9.59 Å². The van der Waals surface area contributed by atoms with Gasteiger partial charge in [-0.1, -0.05) is 0 Å². The number of likely N-dealkylation sites (tertiary alicyclic amines) is 1. The van der Waals surface area contributed by atoms with Crippen molar-refractivity contribution in [2.24, 2.45) is 5.92 Å². The van der Waals surface area contributed by atoms with Crippen LogP contribution in [0.5, 0.6) is 0 Å². The number of hydrogen-bond acceptors (Lipinski definition) is 5. The Labute approximate surface area is 136 Å². The van der Waals surface area contributed by atoms with E-state index in [0.717, 1.165) is 24.5 Å². The van der Waals surface area contributed by atoms with Gasteiger partial charge in [0.2, 0.25) is 11.8 Å². The molecule has 0 unspecified atom stereocenters. The van der Waals surface area contributed by atoms with Crippen molar-refractivity contribution in [3.8, 4) is 0 Å². The molecule has 2 rings (SSSR count). The van der Waals surface area contributed by atoms with Gasteiger partial charge in [0.25, 0.3) is 0 Å². The molecule has 0 aliphatic carbocycles. The SMILES string of the molecule is COCC(=O)N1CCC[C@@H](C(=O)NCCn2nc(C)nc2C)C1. The normalized spacial score (nSPS) is 18.0. The lowest BCUT2D eigenvalue weighted by atomic mass is 9.97. The van der Waals surface area contributed by atoms with E-state index >= 15 is 0 Å². The summed E-state index contributed by atoms with van der Waals surface area (Å²) in [7, 11) is 1.50. The summed E-state index contributed by atoms with van der Waals surface area (Å²) in [5.74, 6) is 1.36. The van der Waals surface area contributed by atoms with Crippen LogP contribution < -0.4 is 5.32 Å². The van der Waals surface area contributed by atoms with Crippen LogP contribution in [0.2, 0.25) is 0 Å². The highest BCUT2D eigenvalue weighted by Gasteiger charge is 2.28. The molecule has 1 N–H and O–H groups in total. The van der Waals surface area contributed by atoms with Crippen LogP contribution in [0.15, 0.2) is 0 Å². The molecule has 0 radical (unpaired) electrons. The van der Waals surface area contributed by atoms with E-state index in [2.05, 4.69) is 15.4 Å². The van der Waals surface area contributed by atoms with E-state index in [0.29, 0.717) is 26.2 Å². The van der Waals surface area contributed by atoms with Crippen molar-refractivity contribution in [2.75, 3.05) is 33.4 Å². The Morgan fingerprint density at radius 1 is 1.39 bits per heavy atom. The Bertz CT molecular complexity index is 557. The molecular weight excluding hydrogens is 298 g/mol. The number of ether oxygens (including phenoxy) is 1. The van der Waals surface area contributed by atoms with Gasteiger partial charge in [-0.2, -0.15) is 5.10 Å². The molecule has 0 saturated carbocycles. The standard InChI is InChI=1S/C15H25N5O3/c1-11-17-12(2)20(18-11)8-6-16-15(22)13-5-4-7-19(9-13)14(21)10-23-3/h13H,4-10H2,1-3H3,(H,16,22)/t13-/m1/s1. The first-order valence-corrected chi connectivity index (χ1v) is 7.93. The molecule has 2 amide bonds. The van der Waals surface area contributed by atoms with Crippen LogP contribution in [-0.2, 0) is 20.9 Å². The van der Waals surface area contributed by atoms with Crippen molar-refractivity contribution in [2.45, 2.75) is 33.2 Å². The first-order chi connectivity index (χ1) is 11.0. The van der Waals surface area contributed by atoms with Gasteiger partial charge < -0.3 is 15.0 Å². The Morgan fingerprint density at radius 2 is 2.17 bits per heavy atom. The molecule has 1 aliphatic heterocycles. The van der Waals surface area contributed by atoms with E-state index in [1.54, 1.807) is 9.58 Å². The smallest absolute Gasteiger partial charge is 0.248 e. The van der Waals surface area contributed by atoms with Crippen molar-refractivity contribution in [1.82, 2.24) is 25.0 Å². The predicted octanol–water partition coefficient (Wildman–Crippen LogP) is -0.104. The molecule has 2 heterocycles. The lowest BCUT2D eigenvalue weighted by Gasteiger charge is -2.31. The van der Waals surface area contributed by atoms with Crippen LogP contribution in [0.25, 0.3) is 0 Å². The van der Waals surface area contributed by atoms with Crippen LogP contribution in [0.1, 0.15) is 24.5 Å². The maximum Gasteiger partial charge on any atom is 0.248 e. The number of hydrogen-bond donors (Lipinski definition) is 1. The first kappa shape index (κ1) is 17.4. The summed E-state index contributed by atoms with van der Waals surface area (Å²) in [5, 5.41) is 7.19. The summed E-state index contributed by atoms with van der Waals surface area (Å²) in [4.78, 5) is 30.1. The predicted molar refractivity (Wildman–Crippen MR) is 83.7 cm³/mol. The zero-order valence-corrected chi connectivity index (χ0v) is 14.0. The minimum absolute atomic E-state index is 0.00518. The van der Waals surface area contributed by atoms with E-state index in [1.807, 2.05) is 13.8 Å². The van der Waals surface area contributed by atoms with Gasteiger partial charge in [-0.15, -0.1) is 0 Å². The van der Waals surface area contributed by atoms with Gasteiger partial charge >= 0.3 is 0 Å². The highest BCUT2D eigenvalue weighted by molar-refractivity contribution is 5.81. The zero-order valence-electron chi connectivity index (χ0n) is 14.0. The molecule has 1 aromatic rings. The number of rotatable bonds is 6. The van der Waals surface area contributed by atoms with Crippen molar-refractivity contribution < 1.29 is 14.3 Å². The summed E-state index contributed by atoms with van der Waals surface area (Å²) >= 11 is 0. The molecule has 1 fully saturated rings. The third-order valence-corrected chi connectivity index (χ3v) is 4.00. The number of piperidine rings is 1. The molecule has 0 aromatic carbocycles. The molecule has 1 aromatic heterocycles. The minimum Gasteiger partial charge on any atom is -0.375 e. The molecule has 0 spiro atoms. The van der Waals surface area contributed by atoms with E-state index in [-0.39, 0.29) is 24.3 Å². The summed E-state index contributed by atoms with van der Waals surface area (Å²) in [5.41, 5.74) is 0. The number of nitrogens with one attached hydrogen (secondary N) is 1. The average molecular weight is 323 g/mol. The van der Waals surface area contributed by atoms with Crippen LogP contribution in [0.3, 0.4) is 0 Å². The maximum absolute atomic E-state index is 12.3. The van der Waals surface area contributed by atoms with Crippen LogP contribution in [-0.4, -0.2) is 64.8 Å². The third-order valence-electron chi connectivity index (χ3n) is 4.00. The van der Waals surface area contributed by atoms with Crippen molar-refractivity contribution >= 4 is 11.8 Å². The molecular formula is C15H25N5O3. The number of carbonyl (C=O) groups excluding carboxylic acids is 2. The lowest BCUT2D eigenvalue weighted by Crippen LogP contribution is -2.46. The fraction of sp³-hybridized carbons (Fsp3) is 0.733. The van der Waals surface area contributed by atoms with Gasteiger partial charge in [-0.05, 0) is 26.7 Å². The maximum atomic E-state index is 12.3. The van der Waals surface area contributed by atoms with Crippen LogP contribution in [0, 0.1) is 19.8 Å². The van der Waals surface area contributed by atoms with E-state index in [9.17, 15) is 9.59 Å². The third kappa shape index (κ3) is 4.75. The molecule has 8 nitrogen and oxygen atoms in total. The summed E-state index contributed by atoms with van der Waals surface area (Å²) < 4.78 is 6.65. The molecule has 0 bridgehead atoms. The van der Waals surface area contributed by atoms with Gasteiger partial charge in [0.15, 0.2) is 0 Å². The molecule has 128 valence electrons. The molecule has 1 saturated heterocycles. The van der Waals surface area contributed by atoms with Crippen molar-refractivity contribution in [3.05, 3.63) is 11.6 Å². The Hall–Kier alpha value is -1.96. The van der Waals surface area contributed by atoms with Gasteiger partial charge in [0, 0.05) is 26.7 Å². The van der Waals surface area contributed by atoms with Crippen LogP contribution >= 0.6 is 0 Å². The van der Waals surface area contributed by atoms with Crippen molar-refractivity contribution in [1.29, 1.82) is 0 Å². The fourth-order valence-corrected chi connectivity index (χ4v) is 2.83. The topological polar surface area (TPSA) is 89.4 Å². The lowest BCUT2D eigenvalue weighted by molar-refractivity contribution is -0.138. The second kappa shape index (κ2) is 8.05. The number of carbonyl (C=O) groups is 2. The number of aryl methyl sites for hydroxylation is 2. The monoisotopic (exact) mass is 323 g/mol. The Kier molecular flexibility index (Phi) is 6.09. The number of aromatic nitrogens is 3. The number of methoxy groups -OCH3 is 1. The second-order valence-electron chi connectivity index (χ2n) is 5.83. The molecule has 1 aliphatic rings. The summed E-state index contributed by atoms with van der Waals surface area (Å²) in [6.07, 6.45) is 1.65. The van der Waals surface area contributed by atoms with Crippen LogP contribution in [0.4, 0.5) is 0 Å². The van der Waals surface area contributed by atoms with E-state index in [1.165, 1.54) is 7.11 Å². The molecule has 23 heavy (non-hydrogen) atoms. The Balaban J connectivity index is 1.78. The molecule has 8 heteroatoms.